The highest BCUT2D eigenvalue weighted by molar-refractivity contribution is 5.60. The molecule has 24 heavy (non-hydrogen) atoms. The largest absolute Gasteiger partial charge is 0.374 e. The van der Waals surface area contributed by atoms with Gasteiger partial charge in [-0.1, -0.05) is 18.2 Å². The van der Waals surface area contributed by atoms with Crippen LogP contribution in [0, 0.1) is 0 Å². The van der Waals surface area contributed by atoms with Crippen molar-refractivity contribution in [1.29, 1.82) is 0 Å². The van der Waals surface area contributed by atoms with E-state index in [0.717, 1.165) is 37.2 Å². The maximum Gasteiger partial charge on any atom is 0.178 e. The van der Waals surface area contributed by atoms with Crippen LogP contribution in [0.1, 0.15) is 18.4 Å². The minimum atomic E-state index is -0.598. The van der Waals surface area contributed by atoms with Crippen LogP contribution >= 0.6 is 0 Å². The zero-order valence-corrected chi connectivity index (χ0v) is 13.5. The number of nitrogens with one attached hydrogen (secondary N) is 4. The van der Waals surface area contributed by atoms with Crippen LogP contribution in [-0.4, -0.2) is 30.0 Å². The molecular weight excluding hydrogens is 300 g/mol. The molecule has 3 heterocycles. The lowest BCUT2D eigenvalue weighted by atomic mass is 9.74. The molecule has 0 saturated carbocycles. The van der Waals surface area contributed by atoms with Gasteiger partial charge in [-0.05, 0) is 43.7 Å². The second-order valence-electron chi connectivity index (χ2n) is 6.33. The first-order valence-electron chi connectivity index (χ1n) is 8.36. The number of hydrogen-bond donors (Lipinski definition) is 4. The van der Waals surface area contributed by atoms with Crippen molar-refractivity contribution in [2.45, 2.75) is 24.0 Å². The van der Waals surface area contributed by atoms with Crippen molar-refractivity contribution in [3.63, 3.8) is 0 Å². The summed E-state index contributed by atoms with van der Waals surface area (Å²) in [4.78, 5) is 9.02. The molecule has 6 heteroatoms. The number of hydrogen-bond acceptors (Lipinski definition) is 6. The Bertz CT molecular complexity index is 696. The van der Waals surface area contributed by atoms with Gasteiger partial charge in [-0.3, -0.25) is 4.98 Å². The van der Waals surface area contributed by atoms with E-state index < -0.39 is 5.66 Å². The number of nitrogens with zero attached hydrogens (tertiary/aromatic N) is 2. The number of benzene rings is 1. The summed E-state index contributed by atoms with van der Waals surface area (Å²) in [6.45, 7) is 1.85. The molecule has 6 nitrogen and oxygen atoms in total. The summed E-state index contributed by atoms with van der Waals surface area (Å²) >= 11 is 0. The van der Waals surface area contributed by atoms with Gasteiger partial charge >= 0.3 is 0 Å². The Morgan fingerprint density at radius 3 is 2.54 bits per heavy atom. The van der Waals surface area contributed by atoms with Gasteiger partial charge in [0.1, 0.15) is 0 Å². The van der Waals surface area contributed by atoms with Crippen molar-refractivity contribution in [2.24, 2.45) is 4.99 Å². The Labute approximate surface area is 141 Å². The standard InChI is InChI=1S/C18H22N6/c1-2-5-16(6-3-1)23-17(9-4-10-20-13-17)18(21-14-22-24-18)15-7-11-19-12-8-15/h1-3,5-8,11-12,14,20,23-24H,4,9-10,13H2,(H,21,22). The smallest absolute Gasteiger partial charge is 0.178 e. The van der Waals surface area contributed by atoms with Crippen LogP contribution in [0.3, 0.4) is 0 Å². The number of aromatic nitrogens is 1. The molecule has 1 fully saturated rings. The highest BCUT2D eigenvalue weighted by Crippen LogP contribution is 2.41. The van der Waals surface area contributed by atoms with Crippen LogP contribution in [0.25, 0.3) is 0 Å². The number of pyridine rings is 1. The minimum Gasteiger partial charge on any atom is -0.374 e. The minimum absolute atomic E-state index is 0.298. The van der Waals surface area contributed by atoms with E-state index in [1.54, 1.807) is 6.34 Å². The van der Waals surface area contributed by atoms with Crippen LogP contribution < -0.4 is 21.5 Å². The Kier molecular flexibility index (Phi) is 3.92. The summed E-state index contributed by atoms with van der Waals surface area (Å²) in [6.07, 6.45) is 7.47. The molecule has 2 aliphatic rings. The Morgan fingerprint density at radius 1 is 1.04 bits per heavy atom. The van der Waals surface area contributed by atoms with Gasteiger partial charge in [0.2, 0.25) is 0 Å². The fraction of sp³-hybridized carbons (Fsp3) is 0.333. The Balaban J connectivity index is 1.80. The highest BCUT2D eigenvalue weighted by Gasteiger charge is 2.54. The lowest BCUT2D eigenvalue weighted by Gasteiger charge is -2.49. The number of anilines is 1. The second-order valence-corrected chi connectivity index (χ2v) is 6.33. The number of hydrazine groups is 1. The van der Waals surface area contributed by atoms with E-state index >= 15 is 0 Å². The highest BCUT2D eigenvalue weighted by atomic mass is 15.5. The van der Waals surface area contributed by atoms with E-state index in [1.807, 2.05) is 30.6 Å². The summed E-state index contributed by atoms with van der Waals surface area (Å²) in [5.41, 5.74) is 7.79. The molecule has 2 unspecified atom stereocenters. The SMILES string of the molecule is C1=NC(c2ccncc2)(C2(Nc3ccccc3)CCCNC2)NN1. The van der Waals surface area contributed by atoms with E-state index in [2.05, 4.69) is 50.7 Å². The maximum atomic E-state index is 4.85. The van der Waals surface area contributed by atoms with Crippen molar-refractivity contribution < 1.29 is 0 Å². The zero-order valence-electron chi connectivity index (χ0n) is 13.5. The lowest BCUT2D eigenvalue weighted by molar-refractivity contribution is 0.162. The molecule has 1 aromatic heterocycles. The first-order chi connectivity index (χ1) is 11.8. The molecule has 2 atom stereocenters. The van der Waals surface area contributed by atoms with Crippen LogP contribution in [0.4, 0.5) is 5.69 Å². The van der Waals surface area contributed by atoms with Crippen LogP contribution in [-0.2, 0) is 5.66 Å². The van der Waals surface area contributed by atoms with Gasteiger partial charge in [-0.25, -0.2) is 10.4 Å². The molecular formula is C18H22N6. The predicted molar refractivity (Wildman–Crippen MR) is 95.6 cm³/mol. The van der Waals surface area contributed by atoms with Crippen molar-refractivity contribution in [2.75, 3.05) is 18.4 Å². The topological polar surface area (TPSA) is 73.4 Å². The van der Waals surface area contributed by atoms with Crippen molar-refractivity contribution in [3.05, 3.63) is 60.4 Å². The first-order valence-corrected chi connectivity index (χ1v) is 8.36. The summed E-state index contributed by atoms with van der Waals surface area (Å²) < 4.78 is 0. The first kappa shape index (κ1) is 15.1. The monoisotopic (exact) mass is 322 g/mol. The number of piperidine rings is 1. The number of para-hydroxylation sites is 1. The molecule has 0 spiro atoms. The van der Waals surface area contributed by atoms with Gasteiger partial charge in [-0.2, -0.15) is 0 Å². The van der Waals surface area contributed by atoms with Crippen molar-refractivity contribution >= 4 is 12.0 Å². The predicted octanol–water partition coefficient (Wildman–Crippen LogP) is 1.60. The molecule has 0 aliphatic carbocycles. The number of rotatable bonds is 4. The average Bonchev–Trinajstić information content (AvgIpc) is 3.16. The third kappa shape index (κ3) is 2.44. The Hall–Kier alpha value is -2.44. The third-order valence-electron chi connectivity index (χ3n) is 4.91. The fourth-order valence-corrected chi connectivity index (χ4v) is 3.77. The third-order valence-corrected chi connectivity index (χ3v) is 4.91. The van der Waals surface area contributed by atoms with Gasteiger partial charge in [-0.15, -0.1) is 0 Å². The van der Waals surface area contributed by atoms with E-state index in [0.29, 0.717) is 0 Å². The molecule has 0 radical (unpaired) electrons. The zero-order chi connectivity index (χ0) is 16.3. The lowest BCUT2D eigenvalue weighted by Crippen LogP contribution is -2.68. The molecule has 1 saturated heterocycles. The van der Waals surface area contributed by atoms with E-state index in [4.69, 9.17) is 4.99 Å². The molecule has 0 amide bonds. The molecule has 2 aliphatic heterocycles. The summed E-state index contributed by atoms with van der Waals surface area (Å²) in [5, 5.41) is 7.32. The molecule has 124 valence electrons. The van der Waals surface area contributed by atoms with E-state index in [9.17, 15) is 0 Å². The average molecular weight is 322 g/mol. The van der Waals surface area contributed by atoms with E-state index in [-0.39, 0.29) is 5.54 Å². The summed E-state index contributed by atoms with van der Waals surface area (Å²) in [5.74, 6) is 0. The van der Waals surface area contributed by atoms with Gasteiger partial charge in [0.15, 0.2) is 5.66 Å². The van der Waals surface area contributed by atoms with Gasteiger partial charge in [0.05, 0.1) is 11.9 Å². The van der Waals surface area contributed by atoms with Crippen LogP contribution in [0.5, 0.6) is 0 Å². The van der Waals surface area contributed by atoms with Crippen molar-refractivity contribution in [3.8, 4) is 0 Å². The normalized spacial score (nSPS) is 29.2. The maximum absolute atomic E-state index is 4.85. The Morgan fingerprint density at radius 2 is 1.88 bits per heavy atom. The van der Waals surface area contributed by atoms with Gasteiger partial charge < -0.3 is 16.1 Å². The van der Waals surface area contributed by atoms with Crippen LogP contribution in [0.15, 0.2) is 59.9 Å². The summed E-state index contributed by atoms with van der Waals surface area (Å²) in [7, 11) is 0. The fourth-order valence-electron chi connectivity index (χ4n) is 3.77. The molecule has 1 aromatic carbocycles. The number of aliphatic imine (C=N–C) groups is 1. The second kappa shape index (κ2) is 6.22. The molecule has 4 N–H and O–H groups in total. The molecule has 0 bridgehead atoms. The van der Waals surface area contributed by atoms with Gasteiger partial charge in [0, 0.05) is 30.2 Å². The molecule has 2 aromatic rings. The van der Waals surface area contributed by atoms with Crippen molar-refractivity contribution in [1.82, 2.24) is 21.2 Å². The molecule has 4 rings (SSSR count). The van der Waals surface area contributed by atoms with E-state index in [1.165, 1.54) is 0 Å². The van der Waals surface area contributed by atoms with Crippen LogP contribution in [0.2, 0.25) is 0 Å². The quantitative estimate of drug-likeness (QED) is 0.688. The van der Waals surface area contributed by atoms with Gasteiger partial charge in [0.25, 0.3) is 0 Å². The summed E-state index contributed by atoms with van der Waals surface area (Å²) in [6, 6.07) is 14.4.